The zero-order chi connectivity index (χ0) is 11.4. The highest BCUT2D eigenvalue weighted by molar-refractivity contribution is 4.66. The molecule has 2 nitrogen and oxygen atoms in total. The van der Waals surface area contributed by atoms with E-state index in [0.29, 0.717) is 19.6 Å². The second-order valence-corrected chi connectivity index (χ2v) is 3.06. The lowest BCUT2D eigenvalue weighted by molar-refractivity contribution is 0.0497. The molecule has 0 aromatic heterocycles. The predicted octanol–water partition coefficient (Wildman–Crippen LogP) is 2.94. The van der Waals surface area contributed by atoms with Crippen LogP contribution < -0.4 is 0 Å². The van der Waals surface area contributed by atoms with Crippen molar-refractivity contribution in [1.82, 2.24) is 0 Å². The maximum atomic E-state index is 12.5. The zero-order valence-electron chi connectivity index (χ0n) is 9.92. The van der Waals surface area contributed by atoms with Crippen LogP contribution in [0.2, 0.25) is 0 Å². The Bertz CT molecular complexity index is 89.3. The van der Waals surface area contributed by atoms with Crippen LogP contribution in [0.1, 0.15) is 47.0 Å². The normalized spacial score (nSPS) is 26.1. The van der Waals surface area contributed by atoms with Gasteiger partial charge in [-0.1, -0.05) is 34.1 Å². The van der Waals surface area contributed by atoms with Crippen LogP contribution in [0.3, 0.4) is 0 Å². The molecule has 0 aromatic rings. The lowest BCUT2D eigenvalue weighted by Crippen LogP contribution is -2.15. The molecule has 1 aliphatic heterocycles. The first-order valence-corrected chi connectivity index (χ1v) is 5.60. The summed E-state index contributed by atoms with van der Waals surface area (Å²) in [6, 6.07) is 0. The molecule has 1 heterocycles. The van der Waals surface area contributed by atoms with Crippen LogP contribution in [-0.2, 0) is 4.74 Å². The van der Waals surface area contributed by atoms with E-state index >= 15 is 0 Å². The smallest absolute Gasteiger partial charge is 0.105 e. The van der Waals surface area contributed by atoms with Crippen LogP contribution in [0.25, 0.3) is 0 Å². The van der Waals surface area contributed by atoms with Gasteiger partial charge >= 0.3 is 0 Å². The summed E-state index contributed by atoms with van der Waals surface area (Å²) >= 11 is 0. The van der Waals surface area contributed by atoms with E-state index in [4.69, 9.17) is 9.84 Å². The average molecular weight is 208 g/mol. The molecule has 2 atom stereocenters. The molecular formula is C11H25FO2. The van der Waals surface area contributed by atoms with E-state index in [1.807, 2.05) is 13.8 Å². The van der Waals surface area contributed by atoms with Gasteiger partial charge in [0.25, 0.3) is 0 Å². The van der Waals surface area contributed by atoms with Gasteiger partial charge in [0.05, 0.1) is 12.7 Å². The molecule has 2 unspecified atom stereocenters. The Morgan fingerprint density at radius 2 is 1.86 bits per heavy atom. The predicted molar refractivity (Wildman–Crippen MR) is 58.3 cm³/mol. The Morgan fingerprint density at radius 3 is 2.36 bits per heavy atom. The van der Waals surface area contributed by atoms with Gasteiger partial charge in [-0.3, -0.25) is 0 Å². The summed E-state index contributed by atoms with van der Waals surface area (Å²) in [6.45, 7) is 8.98. The van der Waals surface area contributed by atoms with Gasteiger partial charge in [0, 0.05) is 19.4 Å². The third kappa shape index (κ3) is 11.8. The molecule has 0 aliphatic carbocycles. The molecule has 1 N–H and O–H groups in total. The highest BCUT2D eigenvalue weighted by Gasteiger charge is 2.17. The summed E-state index contributed by atoms with van der Waals surface area (Å²) in [5.74, 6) is 0. The first kappa shape index (κ1) is 16.3. The number of hydrogen-bond donors (Lipinski definition) is 1. The highest BCUT2D eigenvalue weighted by atomic mass is 19.1. The molecule has 0 bridgehead atoms. The van der Waals surface area contributed by atoms with Crippen LogP contribution in [0.4, 0.5) is 4.39 Å². The first-order chi connectivity index (χ1) is 6.70. The molecular weight excluding hydrogens is 183 g/mol. The largest absolute Gasteiger partial charge is 0.391 e. The minimum atomic E-state index is -0.873. The third-order valence-corrected chi connectivity index (χ3v) is 1.41. The fourth-order valence-electron chi connectivity index (χ4n) is 0.912. The Hall–Kier alpha value is -0.150. The Labute approximate surface area is 87.5 Å². The molecule has 0 aromatic carbocycles. The number of rotatable bonds is 0. The number of ether oxygens (including phenoxy) is 1. The Kier molecular flexibility index (Phi) is 14.9. The van der Waals surface area contributed by atoms with Gasteiger partial charge in [-0.2, -0.15) is 0 Å². The Morgan fingerprint density at radius 1 is 1.36 bits per heavy atom. The Balaban J connectivity index is 0. The summed E-state index contributed by atoms with van der Waals surface area (Å²) in [7, 11) is 0. The number of aliphatic hydroxyl groups excluding tert-OH is 1. The van der Waals surface area contributed by atoms with Crippen molar-refractivity contribution in [3.8, 4) is 0 Å². The zero-order valence-corrected chi connectivity index (χ0v) is 9.92. The SMILES string of the molecule is CC.CCC.OC1COCCC(F)C1. The number of hydrogen-bond acceptors (Lipinski definition) is 2. The van der Waals surface area contributed by atoms with Crippen molar-refractivity contribution < 1.29 is 14.2 Å². The summed E-state index contributed by atoms with van der Waals surface area (Å²) in [6.07, 6.45) is 0.446. The molecule has 88 valence electrons. The molecule has 0 radical (unpaired) electrons. The summed E-state index contributed by atoms with van der Waals surface area (Å²) in [5.41, 5.74) is 0. The van der Waals surface area contributed by atoms with Crippen LogP contribution >= 0.6 is 0 Å². The van der Waals surface area contributed by atoms with E-state index in [2.05, 4.69) is 13.8 Å². The number of aliphatic hydroxyl groups is 1. The lowest BCUT2D eigenvalue weighted by Gasteiger charge is -2.05. The van der Waals surface area contributed by atoms with Crippen LogP contribution in [-0.4, -0.2) is 30.6 Å². The van der Waals surface area contributed by atoms with Crippen molar-refractivity contribution in [3.05, 3.63) is 0 Å². The maximum absolute atomic E-state index is 12.5. The summed E-state index contributed by atoms with van der Waals surface area (Å²) in [4.78, 5) is 0. The van der Waals surface area contributed by atoms with Gasteiger partial charge in [-0.05, 0) is 0 Å². The second-order valence-electron chi connectivity index (χ2n) is 3.06. The quantitative estimate of drug-likeness (QED) is 0.663. The fraction of sp³-hybridized carbons (Fsp3) is 1.00. The molecule has 1 fully saturated rings. The first-order valence-electron chi connectivity index (χ1n) is 5.60. The van der Waals surface area contributed by atoms with Gasteiger partial charge < -0.3 is 9.84 Å². The fourth-order valence-corrected chi connectivity index (χ4v) is 0.912. The van der Waals surface area contributed by atoms with Crippen LogP contribution in [0, 0.1) is 0 Å². The molecule has 14 heavy (non-hydrogen) atoms. The van der Waals surface area contributed by atoms with E-state index in [9.17, 15) is 4.39 Å². The van der Waals surface area contributed by atoms with Crippen molar-refractivity contribution in [2.45, 2.75) is 59.2 Å². The van der Waals surface area contributed by atoms with Gasteiger partial charge in [-0.15, -0.1) is 0 Å². The van der Waals surface area contributed by atoms with Crippen molar-refractivity contribution in [2.75, 3.05) is 13.2 Å². The lowest BCUT2D eigenvalue weighted by atomic mass is 10.1. The van der Waals surface area contributed by atoms with Crippen molar-refractivity contribution >= 4 is 0 Å². The minimum Gasteiger partial charge on any atom is -0.391 e. The van der Waals surface area contributed by atoms with E-state index in [0.717, 1.165) is 0 Å². The number of halogens is 1. The van der Waals surface area contributed by atoms with E-state index < -0.39 is 12.3 Å². The van der Waals surface area contributed by atoms with Crippen molar-refractivity contribution in [3.63, 3.8) is 0 Å². The molecule has 0 spiro atoms. The molecule has 1 aliphatic rings. The molecule has 1 saturated heterocycles. The van der Waals surface area contributed by atoms with Crippen molar-refractivity contribution in [2.24, 2.45) is 0 Å². The van der Waals surface area contributed by atoms with Gasteiger partial charge in [-0.25, -0.2) is 4.39 Å². The van der Waals surface area contributed by atoms with E-state index in [1.165, 1.54) is 6.42 Å². The molecule has 0 amide bonds. The van der Waals surface area contributed by atoms with Crippen molar-refractivity contribution in [1.29, 1.82) is 0 Å². The monoisotopic (exact) mass is 208 g/mol. The standard InChI is InChI=1S/C6H11FO2.C3H8.C2H6/c7-5-1-2-9-4-6(8)3-5;1-3-2;1-2/h5-6,8H,1-4H2;3H2,1-2H3;1-2H3. The second kappa shape index (κ2) is 12.8. The van der Waals surface area contributed by atoms with Gasteiger partial charge in [0.1, 0.15) is 6.17 Å². The molecule has 1 rings (SSSR count). The highest BCUT2D eigenvalue weighted by Crippen LogP contribution is 2.11. The van der Waals surface area contributed by atoms with Gasteiger partial charge in [0.2, 0.25) is 0 Å². The van der Waals surface area contributed by atoms with Crippen LogP contribution in [0.5, 0.6) is 0 Å². The van der Waals surface area contributed by atoms with Gasteiger partial charge in [0.15, 0.2) is 0 Å². The minimum absolute atomic E-state index is 0.236. The third-order valence-electron chi connectivity index (χ3n) is 1.41. The van der Waals surface area contributed by atoms with E-state index in [-0.39, 0.29) is 6.42 Å². The maximum Gasteiger partial charge on any atom is 0.105 e. The topological polar surface area (TPSA) is 29.5 Å². The summed E-state index contributed by atoms with van der Waals surface area (Å²) < 4.78 is 17.3. The molecule has 3 heteroatoms. The summed E-state index contributed by atoms with van der Waals surface area (Å²) in [5, 5.41) is 8.89. The van der Waals surface area contributed by atoms with Crippen LogP contribution in [0.15, 0.2) is 0 Å². The van der Waals surface area contributed by atoms with E-state index in [1.54, 1.807) is 0 Å². The molecule has 0 saturated carbocycles. The number of alkyl halides is 1. The average Bonchev–Trinajstić information content (AvgIpc) is 2.34.